The van der Waals surface area contributed by atoms with Crippen LogP contribution in [0.5, 0.6) is 5.75 Å². The standard InChI is InChI=1S/C12H20OSi/c1-3-5-10-13-11-6-8-12(9-7-11)14-4-2/h6-9H,3-5,10,14H2,1-2H3. The topological polar surface area (TPSA) is 9.23 Å². The molecule has 1 nitrogen and oxygen atoms in total. The highest BCUT2D eigenvalue weighted by Crippen LogP contribution is 2.08. The van der Waals surface area contributed by atoms with E-state index in [1.54, 1.807) is 0 Å². The van der Waals surface area contributed by atoms with Gasteiger partial charge in [-0.15, -0.1) is 0 Å². The van der Waals surface area contributed by atoms with Crippen molar-refractivity contribution in [2.45, 2.75) is 32.7 Å². The molecule has 1 aromatic rings. The molecule has 0 aromatic heterocycles. The first-order valence-corrected chi connectivity index (χ1v) is 7.29. The second-order valence-electron chi connectivity index (χ2n) is 3.60. The van der Waals surface area contributed by atoms with Gasteiger partial charge in [-0.05, 0) is 18.6 Å². The largest absolute Gasteiger partial charge is 0.494 e. The van der Waals surface area contributed by atoms with Crippen molar-refractivity contribution in [1.29, 1.82) is 0 Å². The molecule has 0 aliphatic rings. The fourth-order valence-electron chi connectivity index (χ4n) is 1.38. The molecule has 0 fully saturated rings. The van der Waals surface area contributed by atoms with E-state index in [1.807, 2.05) is 0 Å². The van der Waals surface area contributed by atoms with Gasteiger partial charge in [0.1, 0.15) is 5.75 Å². The van der Waals surface area contributed by atoms with Gasteiger partial charge in [0.15, 0.2) is 0 Å². The molecular weight excluding hydrogens is 188 g/mol. The van der Waals surface area contributed by atoms with Gasteiger partial charge in [0.05, 0.1) is 16.1 Å². The van der Waals surface area contributed by atoms with E-state index in [1.165, 1.54) is 17.7 Å². The van der Waals surface area contributed by atoms with E-state index >= 15 is 0 Å². The molecule has 2 heteroatoms. The molecule has 0 saturated heterocycles. The van der Waals surface area contributed by atoms with Crippen LogP contribution in [0.4, 0.5) is 0 Å². The predicted molar refractivity (Wildman–Crippen MR) is 65.5 cm³/mol. The smallest absolute Gasteiger partial charge is 0.119 e. The lowest BCUT2D eigenvalue weighted by Crippen LogP contribution is -2.11. The Kier molecular flexibility index (Phi) is 5.38. The van der Waals surface area contributed by atoms with Crippen LogP contribution in [0, 0.1) is 0 Å². The summed E-state index contributed by atoms with van der Waals surface area (Å²) in [6.07, 6.45) is 2.34. The van der Waals surface area contributed by atoms with Crippen LogP contribution in [-0.4, -0.2) is 16.1 Å². The average Bonchev–Trinajstić information content (AvgIpc) is 2.21. The fourth-order valence-corrected chi connectivity index (χ4v) is 2.52. The Labute approximate surface area is 89.3 Å². The molecule has 1 aromatic carbocycles. The summed E-state index contributed by atoms with van der Waals surface area (Å²) in [7, 11) is 0.00389. The molecular formula is C12H20OSi. The van der Waals surface area contributed by atoms with Gasteiger partial charge < -0.3 is 4.74 Å². The van der Waals surface area contributed by atoms with Crippen molar-refractivity contribution < 1.29 is 4.74 Å². The first-order chi connectivity index (χ1) is 6.86. The third-order valence-electron chi connectivity index (χ3n) is 2.23. The van der Waals surface area contributed by atoms with E-state index < -0.39 is 0 Å². The molecule has 0 saturated carbocycles. The molecule has 78 valence electrons. The molecule has 0 amide bonds. The van der Waals surface area contributed by atoms with Gasteiger partial charge in [-0.2, -0.15) is 0 Å². The maximum atomic E-state index is 5.59. The van der Waals surface area contributed by atoms with E-state index in [0.717, 1.165) is 18.8 Å². The summed E-state index contributed by atoms with van der Waals surface area (Å²) in [5.41, 5.74) is 0. The summed E-state index contributed by atoms with van der Waals surface area (Å²) >= 11 is 0. The van der Waals surface area contributed by atoms with Crippen LogP contribution in [-0.2, 0) is 0 Å². The Morgan fingerprint density at radius 1 is 1.14 bits per heavy atom. The minimum atomic E-state index is 0.00389. The summed E-state index contributed by atoms with van der Waals surface area (Å²) < 4.78 is 5.59. The Morgan fingerprint density at radius 3 is 2.43 bits per heavy atom. The Bertz CT molecular complexity index is 243. The molecule has 0 aliphatic carbocycles. The van der Waals surface area contributed by atoms with Gasteiger partial charge in [-0.3, -0.25) is 0 Å². The Hall–Kier alpha value is -0.763. The molecule has 0 heterocycles. The normalized spacial score (nSPS) is 11.0. The van der Waals surface area contributed by atoms with Gasteiger partial charge in [-0.1, -0.05) is 43.6 Å². The molecule has 0 unspecified atom stereocenters. The molecule has 0 N–H and O–H groups in total. The summed E-state index contributed by atoms with van der Waals surface area (Å²) in [4.78, 5) is 0. The minimum absolute atomic E-state index is 0.00389. The van der Waals surface area contributed by atoms with E-state index in [2.05, 4.69) is 38.1 Å². The second-order valence-corrected chi connectivity index (χ2v) is 5.91. The fraction of sp³-hybridized carbons (Fsp3) is 0.500. The Morgan fingerprint density at radius 2 is 1.86 bits per heavy atom. The van der Waals surface area contributed by atoms with E-state index in [0.29, 0.717) is 0 Å². The van der Waals surface area contributed by atoms with E-state index in [-0.39, 0.29) is 9.52 Å². The lowest BCUT2D eigenvalue weighted by atomic mass is 10.3. The van der Waals surface area contributed by atoms with Gasteiger partial charge in [0, 0.05) is 0 Å². The number of hydrogen-bond acceptors (Lipinski definition) is 1. The van der Waals surface area contributed by atoms with Gasteiger partial charge in [0.2, 0.25) is 0 Å². The second kappa shape index (κ2) is 6.66. The summed E-state index contributed by atoms with van der Waals surface area (Å²) in [5, 5.41) is 1.54. The molecule has 0 atom stereocenters. The quantitative estimate of drug-likeness (QED) is 0.514. The molecule has 0 spiro atoms. The van der Waals surface area contributed by atoms with Gasteiger partial charge in [-0.25, -0.2) is 0 Å². The lowest BCUT2D eigenvalue weighted by molar-refractivity contribution is 0.309. The highest BCUT2D eigenvalue weighted by molar-refractivity contribution is 6.53. The van der Waals surface area contributed by atoms with Gasteiger partial charge >= 0.3 is 0 Å². The minimum Gasteiger partial charge on any atom is -0.494 e. The lowest BCUT2D eigenvalue weighted by Gasteiger charge is -2.05. The van der Waals surface area contributed by atoms with Crippen molar-refractivity contribution >= 4 is 14.7 Å². The molecule has 0 aliphatic heterocycles. The van der Waals surface area contributed by atoms with Crippen LogP contribution < -0.4 is 9.92 Å². The third kappa shape index (κ3) is 3.96. The maximum absolute atomic E-state index is 5.59. The number of benzene rings is 1. The van der Waals surface area contributed by atoms with Crippen LogP contribution in [0.1, 0.15) is 26.7 Å². The van der Waals surface area contributed by atoms with Crippen LogP contribution in [0.25, 0.3) is 0 Å². The van der Waals surface area contributed by atoms with Crippen LogP contribution in [0.2, 0.25) is 6.04 Å². The zero-order valence-corrected chi connectivity index (χ0v) is 10.7. The van der Waals surface area contributed by atoms with Crippen molar-refractivity contribution in [2.75, 3.05) is 6.61 Å². The third-order valence-corrected chi connectivity index (χ3v) is 3.78. The summed E-state index contributed by atoms with van der Waals surface area (Å²) in [6.45, 7) is 5.29. The molecule has 14 heavy (non-hydrogen) atoms. The van der Waals surface area contributed by atoms with Crippen molar-refractivity contribution in [3.05, 3.63) is 24.3 Å². The van der Waals surface area contributed by atoms with Crippen molar-refractivity contribution in [1.82, 2.24) is 0 Å². The zero-order valence-electron chi connectivity index (χ0n) is 9.25. The van der Waals surface area contributed by atoms with Crippen LogP contribution in [0.15, 0.2) is 24.3 Å². The number of hydrogen-bond donors (Lipinski definition) is 0. The van der Waals surface area contributed by atoms with E-state index in [4.69, 9.17) is 4.74 Å². The van der Waals surface area contributed by atoms with Crippen LogP contribution >= 0.6 is 0 Å². The zero-order chi connectivity index (χ0) is 10.2. The average molecular weight is 208 g/mol. The van der Waals surface area contributed by atoms with Crippen molar-refractivity contribution in [3.63, 3.8) is 0 Å². The monoisotopic (exact) mass is 208 g/mol. The number of rotatable bonds is 6. The maximum Gasteiger partial charge on any atom is 0.119 e. The highest BCUT2D eigenvalue weighted by Gasteiger charge is 1.94. The number of ether oxygens (including phenoxy) is 1. The first-order valence-electron chi connectivity index (χ1n) is 5.58. The molecule has 0 bridgehead atoms. The molecule has 1 rings (SSSR count). The Balaban J connectivity index is 2.38. The number of unbranched alkanes of at least 4 members (excludes halogenated alkanes) is 1. The van der Waals surface area contributed by atoms with Crippen LogP contribution in [0.3, 0.4) is 0 Å². The van der Waals surface area contributed by atoms with Crippen molar-refractivity contribution in [3.8, 4) is 5.75 Å². The van der Waals surface area contributed by atoms with Crippen molar-refractivity contribution in [2.24, 2.45) is 0 Å². The predicted octanol–water partition coefficient (Wildman–Crippen LogP) is 2.10. The van der Waals surface area contributed by atoms with Gasteiger partial charge in [0.25, 0.3) is 0 Å². The molecule has 0 radical (unpaired) electrons. The highest BCUT2D eigenvalue weighted by atomic mass is 28.2. The SMILES string of the molecule is CCCCOc1ccc([SiH2]CC)cc1. The summed E-state index contributed by atoms with van der Waals surface area (Å²) in [5.74, 6) is 1.02. The van der Waals surface area contributed by atoms with E-state index in [9.17, 15) is 0 Å². The first kappa shape index (κ1) is 11.3. The summed E-state index contributed by atoms with van der Waals surface area (Å²) in [6, 6.07) is 9.99.